The maximum Gasteiger partial charge on any atom is 0.354 e. The zero-order valence-corrected chi connectivity index (χ0v) is 13.5. The summed E-state index contributed by atoms with van der Waals surface area (Å²) >= 11 is 0. The first-order valence-corrected chi connectivity index (χ1v) is 7.98. The summed E-state index contributed by atoms with van der Waals surface area (Å²) in [4.78, 5) is 22.2. The van der Waals surface area contributed by atoms with E-state index in [4.69, 9.17) is 0 Å². The van der Waals surface area contributed by atoms with E-state index in [2.05, 4.69) is 33.9 Å². The van der Waals surface area contributed by atoms with Gasteiger partial charge in [0.15, 0.2) is 11.5 Å². The van der Waals surface area contributed by atoms with E-state index in [9.17, 15) is 9.90 Å². The lowest BCUT2D eigenvalue weighted by molar-refractivity contribution is 0.0690. The minimum atomic E-state index is -1.03. The van der Waals surface area contributed by atoms with Crippen LogP contribution in [0, 0.1) is 6.92 Å². The number of hydrogen-bond donors (Lipinski definition) is 1. The molecule has 1 aliphatic heterocycles. The highest BCUT2D eigenvalue weighted by Gasteiger charge is 2.20. The Kier molecular flexibility index (Phi) is 4.39. The van der Waals surface area contributed by atoms with Gasteiger partial charge in [0.2, 0.25) is 0 Å². The molecular formula is C18H21N3O2. The molecule has 5 heteroatoms. The average molecular weight is 311 g/mol. The van der Waals surface area contributed by atoms with Gasteiger partial charge in [-0.05, 0) is 57.5 Å². The summed E-state index contributed by atoms with van der Waals surface area (Å²) in [6.07, 6.45) is 2.51. The van der Waals surface area contributed by atoms with Crippen molar-refractivity contribution >= 4 is 5.97 Å². The first-order chi connectivity index (χ1) is 11.0. The Labute approximate surface area is 136 Å². The largest absolute Gasteiger partial charge is 0.477 e. The Hall–Kier alpha value is -2.27. The lowest BCUT2D eigenvalue weighted by Gasteiger charge is -2.24. The fourth-order valence-electron chi connectivity index (χ4n) is 3.08. The van der Waals surface area contributed by atoms with Gasteiger partial charge in [-0.15, -0.1) is 0 Å². The molecule has 1 unspecified atom stereocenters. The molecule has 3 rings (SSSR count). The van der Waals surface area contributed by atoms with Crippen LogP contribution in [-0.2, 0) is 0 Å². The normalized spacial score (nSPS) is 16.4. The average Bonchev–Trinajstić information content (AvgIpc) is 3.08. The molecule has 1 aromatic heterocycles. The smallest absolute Gasteiger partial charge is 0.354 e. The molecule has 0 radical (unpaired) electrons. The number of aromatic carboxylic acids is 1. The van der Waals surface area contributed by atoms with Gasteiger partial charge in [-0.25, -0.2) is 14.8 Å². The molecule has 5 nitrogen and oxygen atoms in total. The zero-order chi connectivity index (χ0) is 16.4. The van der Waals surface area contributed by atoms with E-state index >= 15 is 0 Å². The van der Waals surface area contributed by atoms with Crippen molar-refractivity contribution in [2.45, 2.75) is 32.7 Å². The van der Waals surface area contributed by atoms with Crippen LogP contribution in [0.5, 0.6) is 0 Å². The van der Waals surface area contributed by atoms with Crippen molar-refractivity contribution in [1.29, 1.82) is 0 Å². The molecule has 2 heterocycles. The second-order valence-electron chi connectivity index (χ2n) is 6.07. The van der Waals surface area contributed by atoms with E-state index in [1.807, 2.05) is 12.1 Å². The van der Waals surface area contributed by atoms with E-state index in [0.29, 0.717) is 17.6 Å². The molecule has 23 heavy (non-hydrogen) atoms. The Morgan fingerprint density at radius 2 is 1.96 bits per heavy atom. The van der Waals surface area contributed by atoms with Crippen LogP contribution in [0.3, 0.4) is 0 Å². The Morgan fingerprint density at radius 1 is 1.22 bits per heavy atom. The minimum Gasteiger partial charge on any atom is -0.477 e. The van der Waals surface area contributed by atoms with Crippen molar-refractivity contribution in [3.8, 4) is 11.4 Å². The molecule has 0 bridgehead atoms. The van der Waals surface area contributed by atoms with E-state index in [1.165, 1.54) is 24.5 Å². The van der Waals surface area contributed by atoms with Crippen LogP contribution < -0.4 is 0 Å². The number of aromatic nitrogens is 2. The molecule has 0 saturated carbocycles. The number of carboxylic acid groups (broad SMARTS) is 1. The van der Waals surface area contributed by atoms with Gasteiger partial charge in [0, 0.05) is 17.3 Å². The quantitative estimate of drug-likeness (QED) is 0.938. The van der Waals surface area contributed by atoms with Gasteiger partial charge >= 0.3 is 5.97 Å². The van der Waals surface area contributed by atoms with Crippen molar-refractivity contribution in [3.63, 3.8) is 0 Å². The van der Waals surface area contributed by atoms with Gasteiger partial charge in [-0.1, -0.05) is 18.2 Å². The summed E-state index contributed by atoms with van der Waals surface area (Å²) in [5.74, 6) is -0.559. The summed E-state index contributed by atoms with van der Waals surface area (Å²) in [6.45, 7) is 6.27. The van der Waals surface area contributed by atoms with Crippen LogP contribution in [0.2, 0.25) is 0 Å². The first-order valence-electron chi connectivity index (χ1n) is 7.98. The predicted molar refractivity (Wildman–Crippen MR) is 88.4 cm³/mol. The second-order valence-corrected chi connectivity index (χ2v) is 6.07. The molecule has 0 spiro atoms. The summed E-state index contributed by atoms with van der Waals surface area (Å²) in [6, 6.07) is 9.94. The molecule has 1 atom stereocenters. The molecule has 1 fully saturated rings. The van der Waals surface area contributed by atoms with Crippen molar-refractivity contribution in [1.82, 2.24) is 14.9 Å². The van der Waals surface area contributed by atoms with Crippen LogP contribution >= 0.6 is 0 Å². The number of carboxylic acids is 1. The molecule has 1 N–H and O–H groups in total. The number of carbonyl (C=O) groups is 1. The molecule has 0 amide bonds. The fraction of sp³-hybridized carbons (Fsp3) is 0.389. The van der Waals surface area contributed by atoms with E-state index in [1.54, 1.807) is 6.92 Å². The van der Waals surface area contributed by atoms with Crippen molar-refractivity contribution in [3.05, 3.63) is 47.3 Å². The second kappa shape index (κ2) is 6.46. The Morgan fingerprint density at radius 3 is 2.65 bits per heavy atom. The van der Waals surface area contributed by atoms with Crippen molar-refractivity contribution < 1.29 is 9.90 Å². The van der Waals surface area contributed by atoms with E-state index in [0.717, 1.165) is 18.7 Å². The van der Waals surface area contributed by atoms with Gasteiger partial charge in [-0.3, -0.25) is 4.90 Å². The van der Waals surface area contributed by atoms with Gasteiger partial charge in [-0.2, -0.15) is 0 Å². The van der Waals surface area contributed by atoms with Gasteiger partial charge in [0.1, 0.15) is 0 Å². The maximum atomic E-state index is 11.2. The number of benzene rings is 1. The highest BCUT2D eigenvalue weighted by atomic mass is 16.4. The number of rotatable bonds is 4. The number of aryl methyl sites for hydroxylation is 1. The zero-order valence-electron chi connectivity index (χ0n) is 13.5. The third-order valence-electron chi connectivity index (χ3n) is 4.39. The monoisotopic (exact) mass is 311 g/mol. The van der Waals surface area contributed by atoms with Gasteiger partial charge < -0.3 is 5.11 Å². The summed E-state index contributed by atoms with van der Waals surface area (Å²) < 4.78 is 0. The highest BCUT2D eigenvalue weighted by molar-refractivity contribution is 5.86. The number of likely N-dealkylation sites (tertiary alicyclic amines) is 1. The van der Waals surface area contributed by atoms with Crippen LogP contribution in [0.1, 0.15) is 47.6 Å². The Bertz CT molecular complexity index is 724. The Balaban J connectivity index is 1.94. The standard InChI is InChI=1S/C18H21N3O2/c1-12-10-16(18(22)23)20-17(19-12)15-7-5-6-14(11-15)13(2)21-8-3-4-9-21/h5-7,10-11,13H,3-4,8-9H2,1-2H3,(H,22,23). The SMILES string of the molecule is Cc1cc(C(=O)O)nc(-c2cccc(C(C)N3CCCC3)c2)n1. The molecule has 2 aromatic rings. The van der Waals surface area contributed by atoms with E-state index < -0.39 is 5.97 Å². The predicted octanol–water partition coefficient (Wildman–Crippen LogP) is 3.31. The third-order valence-corrected chi connectivity index (χ3v) is 4.39. The maximum absolute atomic E-state index is 11.2. The summed E-state index contributed by atoms with van der Waals surface area (Å²) in [5, 5.41) is 9.17. The highest BCUT2D eigenvalue weighted by Crippen LogP contribution is 2.27. The molecule has 1 aromatic carbocycles. The lowest BCUT2D eigenvalue weighted by Crippen LogP contribution is -2.23. The topological polar surface area (TPSA) is 66.3 Å². The van der Waals surface area contributed by atoms with Crippen LogP contribution in [0.4, 0.5) is 0 Å². The van der Waals surface area contributed by atoms with Gasteiger partial charge in [0.05, 0.1) is 0 Å². The lowest BCUT2D eigenvalue weighted by atomic mass is 10.0. The van der Waals surface area contributed by atoms with E-state index in [-0.39, 0.29) is 5.69 Å². The molecule has 1 saturated heterocycles. The number of nitrogens with zero attached hydrogens (tertiary/aromatic N) is 3. The van der Waals surface area contributed by atoms with Crippen molar-refractivity contribution in [2.24, 2.45) is 0 Å². The third kappa shape index (κ3) is 3.40. The molecule has 0 aliphatic carbocycles. The first kappa shape index (κ1) is 15.6. The minimum absolute atomic E-state index is 0.0329. The summed E-state index contributed by atoms with van der Waals surface area (Å²) in [7, 11) is 0. The van der Waals surface area contributed by atoms with Gasteiger partial charge in [0.25, 0.3) is 0 Å². The molecular weight excluding hydrogens is 290 g/mol. The number of hydrogen-bond acceptors (Lipinski definition) is 4. The summed E-state index contributed by atoms with van der Waals surface area (Å²) in [5.41, 5.74) is 2.77. The van der Waals surface area contributed by atoms with Crippen LogP contribution in [0.25, 0.3) is 11.4 Å². The molecule has 1 aliphatic rings. The van der Waals surface area contributed by atoms with Crippen LogP contribution in [0.15, 0.2) is 30.3 Å². The van der Waals surface area contributed by atoms with Crippen LogP contribution in [-0.4, -0.2) is 39.0 Å². The molecule has 120 valence electrons. The van der Waals surface area contributed by atoms with Crippen molar-refractivity contribution in [2.75, 3.05) is 13.1 Å². The fourth-order valence-corrected chi connectivity index (χ4v) is 3.08.